The van der Waals surface area contributed by atoms with E-state index in [1.165, 1.54) is 62.3 Å². The van der Waals surface area contributed by atoms with Crippen molar-refractivity contribution in [2.75, 3.05) is 32.7 Å². The van der Waals surface area contributed by atoms with Gasteiger partial charge in [-0.3, -0.25) is 4.90 Å². The van der Waals surface area contributed by atoms with Crippen molar-refractivity contribution in [1.29, 1.82) is 0 Å². The Balaban J connectivity index is 0.000000390. The number of rotatable bonds is 9. The van der Waals surface area contributed by atoms with Crippen LogP contribution in [0.4, 0.5) is 0 Å². The van der Waals surface area contributed by atoms with Crippen LogP contribution < -0.4 is 0 Å². The van der Waals surface area contributed by atoms with Gasteiger partial charge in [0, 0.05) is 44.9 Å². The van der Waals surface area contributed by atoms with Gasteiger partial charge in [-0.2, -0.15) is 0 Å². The van der Waals surface area contributed by atoms with Gasteiger partial charge in [-0.05, 0) is 36.1 Å². The molecule has 0 radical (unpaired) electrons. The van der Waals surface area contributed by atoms with Gasteiger partial charge < -0.3 is 15.1 Å². The second-order valence-corrected chi connectivity index (χ2v) is 7.91. The van der Waals surface area contributed by atoms with Crippen molar-refractivity contribution < 1.29 is 19.8 Å². The molecule has 2 aromatic carbocycles. The molecular formula is C26H34N2O4. The van der Waals surface area contributed by atoms with Gasteiger partial charge >= 0.3 is 11.9 Å². The molecule has 0 unspecified atom stereocenters. The highest BCUT2D eigenvalue weighted by molar-refractivity contribution is 5.89. The van der Waals surface area contributed by atoms with Crippen molar-refractivity contribution in [3.05, 3.63) is 83.4 Å². The zero-order valence-corrected chi connectivity index (χ0v) is 18.8. The summed E-state index contributed by atoms with van der Waals surface area (Å²) in [4.78, 5) is 24.3. The zero-order valence-electron chi connectivity index (χ0n) is 18.8. The molecule has 1 fully saturated rings. The molecule has 0 aromatic heterocycles. The van der Waals surface area contributed by atoms with Crippen molar-refractivity contribution in [1.82, 2.24) is 9.80 Å². The summed E-state index contributed by atoms with van der Waals surface area (Å²) in [6.07, 6.45) is 4.78. The van der Waals surface area contributed by atoms with E-state index >= 15 is 0 Å². The van der Waals surface area contributed by atoms with E-state index in [-0.39, 0.29) is 0 Å². The minimum atomic E-state index is -1.26. The first-order valence-electron chi connectivity index (χ1n) is 11.2. The summed E-state index contributed by atoms with van der Waals surface area (Å²) >= 11 is 0. The number of nitrogens with zero attached hydrogens (tertiary/aromatic N) is 2. The Labute approximate surface area is 190 Å². The molecule has 0 atom stereocenters. The molecule has 32 heavy (non-hydrogen) atoms. The molecule has 2 aromatic rings. The van der Waals surface area contributed by atoms with E-state index in [2.05, 4.69) is 71.3 Å². The first-order chi connectivity index (χ1) is 15.5. The number of aliphatic carboxylic acids is 2. The fourth-order valence-corrected chi connectivity index (χ4v) is 3.64. The van der Waals surface area contributed by atoms with Crippen molar-refractivity contribution in [3.63, 3.8) is 0 Å². The van der Waals surface area contributed by atoms with Gasteiger partial charge in [0.25, 0.3) is 0 Å². The third-order valence-electron chi connectivity index (χ3n) is 5.41. The Bertz CT molecular complexity index is 843. The zero-order chi connectivity index (χ0) is 23.2. The standard InChI is InChI=1S/C22H30N2.C4H4O4/c1-2-3-13-23-14-16-24(17-15-23)19-22-12-8-7-11-21(22)18-20-9-5-4-6-10-20;5-3(6)1-2-4(7)8/h4-12H,2-3,13-19H2,1H3;1-2H,(H,5,6)(H,7,8)/b;2-1-. The molecule has 0 amide bonds. The fraction of sp³-hybridized carbons (Fsp3) is 0.385. The third kappa shape index (κ3) is 9.90. The molecule has 3 rings (SSSR count). The van der Waals surface area contributed by atoms with E-state index < -0.39 is 11.9 Å². The van der Waals surface area contributed by atoms with E-state index in [0.717, 1.165) is 13.0 Å². The maximum absolute atomic E-state index is 9.55. The van der Waals surface area contributed by atoms with Crippen LogP contribution in [0.3, 0.4) is 0 Å². The molecule has 0 saturated carbocycles. The Morgan fingerprint density at radius 1 is 0.812 bits per heavy atom. The summed E-state index contributed by atoms with van der Waals surface area (Å²) in [6, 6.07) is 19.8. The number of unbranched alkanes of at least 4 members (excludes halogenated alkanes) is 1. The third-order valence-corrected chi connectivity index (χ3v) is 5.41. The Hall–Kier alpha value is -2.96. The highest BCUT2D eigenvalue weighted by Crippen LogP contribution is 2.17. The van der Waals surface area contributed by atoms with Gasteiger partial charge in [-0.15, -0.1) is 0 Å². The number of hydrogen-bond acceptors (Lipinski definition) is 4. The monoisotopic (exact) mass is 438 g/mol. The number of carbonyl (C=O) groups is 2. The van der Waals surface area contributed by atoms with E-state index in [9.17, 15) is 9.59 Å². The number of carboxylic acid groups (broad SMARTS) is 2. The quantitative estimate of drug-likeness (QED) is 0.578. The minimum Gasteiger partial charge on any atom is -0.478 e. The lowest BCUT2D eigenvalue weighted by atomic mass is 9.99. The topological polar surface area (TPSA) is 81.1 Å². The fourth-order valence-electron chi connectivity index (χ4n) is 3.64. The normalized spacial score (nSPS) is 14.7. The largest absolute Gasteiger partial charge is 0.478 e. The number of benzene rings is 2. The van der Waals surface area contributed by atoms with Gasteiger partial charge in [0.2, 0.25) is 0 Å². The maximum atomic E-state index is 9.55. The smallest absolute Gasteiger partial charge is 0.328 e. The van der Waals surface area contributed by atoms with Gasteiger partial charge in [0.1, 0.15) is 0 Å². The van der Waals surface area contributed by atoms with Crippen LogP contribution in [-0.2, 0) is 22.6 Å². The minimum absolute atomic E-state index is 0.558. The van der Waals surface area contributed by atoms with Crippen LogP contribution in [-0.4, -0.2) is 64.7 Å². The first kappa shape index (κ1) is 25.3. The second kappa shape index (κ2) is 14.2. The van der Waals surface area contributed by atoms with Gasteiger partial charge in [-0.1, -0.05) is 67.9 Å². The molecule has 2 N–H and O–H groups in total. The van der Waals surface area contributed by atoms with Gasteiger partial charge in [-0.25, -0.2) is 9.59 Å². The van der Waals surface area contributed by atoms with Crippen molar-refractivity contribution in [3.8, 4) is 0 Å². The second-order valence-electron chi connectivity index (χ2n) is 7.91. The summed E-state index contributed by atoms with van der Waals surface area (Å²) in [5.74, 6) is -2.51. The number of hydrogen-bond donors (Lipinski definition) is 2. The van der Waals surface area contributed by atoms with Crippen LogP contribution in [0.25, 0.3) is 0 Å². The molecule has 0 aliphatic carbocycles. The predicted molar refractivity (Wildman–Crippen MR) is 127 cm³/mol. The van der Waals surface area contributed by atoms with E-state index in [1.54, 1.807) is 0 Å². The molecule has 6 heteroatoms. The average Bonchev–Trinajstić information content (AvgIpc) is 2.80. The molecule has 1 saturated heterocycles. The lowest BCUT2D eigenvalue weighted by Crippen LogP contribution is -2.46. The molecular weight excluding hydrogens is 404 g/mol. The summed E-state index contributed by atoms with van der Waals surface area (Å²) < 4.78 is 0. The Morgan fingerprint density at radius 2 is 1.34 bits per heavy atom. The number of carboxylic acids is 2. The van der Waals surface area contributed by atoms with Crippen LogP contribution in [0.15, 0.2) is 66.7 Å². The molecule has 0 bridgehead atoms. The van der Waals surface area contributed by atoms with Gasteiger partial charge in [0.05, 0.1) is 0 Å². The Morgan fingerprint density at radius 3 is 1.91 bits per heavy atom. The molecule has 172 valence electrons. The van der Waals surface area contributed by atoms with Gasteiger partial charge in [0.15, 0.2) is 0 Å². The highest BCUT2D eigenvalue weighted by Gasteiger charge is 2.17. The SMILES string of the molecule is CCCCN1CCN(Cc2ccccc2Cc2ccccc2)CC1.O=C(O)/C=C\C(=O)O. The predicted octanol–water partition coefficient (Wildman–Crippen LogP) is 3.91. The maximum Gasteiger partial charge on any atom is 0.328 e. The lowest BCUT2D eigenvalue weighted by molar-refractivity contribution is -0.134. The van der Waals surface area contributed by atoms with Crippen molar-refractivity contribution >= 4 is 11.9 Å². The van der Waals surface area contributed by atoms with Crippen molar-refractivity contribution in [2.45, 2.75) is 32.7 Å². The van der Waals surface area contributed by atoms with Crippen LogP contribution in [0, 0.1) is 0 Å². The van der Waals surface area contributed by atoms with E-state index in [0.29, 0.717) is 12.2 Å². The van der Waals surface area contributed by atoms with E-state index in [1.807, 2.05) is 0 Å². The summed E-state index contributed by atoms with van der Waals surface area (Å²) in [6.45, 7) is 9.48. The van der Waals surface area contributed by atoms with E-state index in [4.69, 9.17) is 10.2 Å². The summed E-state index contributed by atoms with van der Waals surface area (Å²) in [5, 5.41) is 15.6. The summed E-state index contributed by atoms with van der Waals surface area (Å²) in [7, 11) is 0. The Kier molecular flexibility index (Phi) is 11.2. The molecule has 1 heterocycles. The number of piperazine rings is 1. The van der Waals surface area contributed by atoms with Crippen LogP contribution in [0.1, 0.15) is 36.5 Å². The molecule has 1 aliphatic rings. The highest BCUT2D eigenvalue weighted by atomic mass is 16.4. The lowest BCUT2D eigenvalue weighted by Gasteiger charge is -2.35. The van der Waals surface area contributed by atoms with Crippen molar-refractivity contribution in [2.24, 2.45) is 0 Å². The molecule has 6 nitrogen and oxygen atoms in total. The molecule has 0 spiro atoms. The first-order valence-corrected chi connectivity index (χ1v) is 11.2. The van der Waals surface area contributed by atoms with Crippen LogP contribution in [0.5, 0.6) is 0 Å². The average molecular weight is 439 g/mol. The summed E-state index contributed by atoms with van der Waals surface area (Å²) in [5.41, 5.74) is 4.36. The van der Waals surface area contributed by atoms with Crippen LogP contribution in [0.2, 0.25) is 0 Å². The molecule has 1 aliphatic heterocycles. The van der Waals surface area contributed by atoms with Crippen LogP contribution >= 0.6 is 0 Å².